The number of carboxylic acid groups (broad SMARTS) is 1. The SMILES string of the molecule is CC(=O)Nc1cccc(C(=O)N[C@@H](CCO)C(=O)O)c1. The first-order valence-corrected chi connectivity index (χ1v) is 5.96. The summed E-state index contributed by atoms with van der Waals surface area (Å²) in [5, 5.41) is 22.5. The maximum absolute atomic E-state index is 11.9. The van der Waals surface area contributed by atoms with Gasteiger partial charge in [-0.1, -0.05) is 6.07 Å². The van der Waals surface area contributed by atoms with Crippen LogP contribution >= 0.6 is 0 Å². The second-order valence-electron chi connectivity index (χ2n) is 4.14. The molecular formula is C13H16N2O5. The van der Waals surface area contributed by atoms with E-state index in [0.29, 0.717) is 5.69 Å². The first kappa shape index (κ1) is 15.6. The highest BCUT2D eigenvalue weighted by Crippen LogP contribution is 2.11. The van der Waals surface area contributed by atoms with E-state index in [2.05, 4.69) is 10.6 Å². The zero-order chi connectivity index (χ0) is 15.1. The van der Waals surface area contributed by atoms with Crippen molar-refractivity contribution in [2.24, 2.45) is 0 Å². The average Bonchev–Trinajstić information content (AvgIpc) is 2.37. The molecule has 2 amide bonds. The topological polar surface area (TPSA) is 116 Å². The Bertz CT molecular complexity index is 515. The largest absolute Gasteiger partial charge is 0.480 e. The standard InChI is InChI=1S/C13H16N2O5/c1-8(17)14-10-4-2-3-9(7-10)12(18)15-11(5-6-16)13(19)20/h2-4,7,11,16H,5-6H2,1H3,(H,14,17)(H,15,18)(H,19,20)/t11-/m0/s1. The minimum absolute atomic E-state index is 0.0769. The van der Waals surface area contributed by atoms with Gasteiger partial charge in [0, 0.05) is 31.2 Å². The lowest BCUT2D eigenvalue weighted by Gasteiger charge is -2.13. The molecule has 0 radical (unpaired) electrons. The summed E-state index contributed by atoms with van der Waals surface area (Å²) in [6, 6.07) is 4.97. The third-order valence-electron chi connectivity index (χ3n) is 2.47. The number of carbonyl (C=O) groups is 3. The van der Waals surface area contributed by atoms with Crippen molar-refractivity contribution in [1.29, 1.82) is 0 Å². The number of nitrogens with one attached hydrogen (secondary N) is 2. The van der Waals surface area contributed by atoms with E-state index in [0.717, 1.165) is 0 Å². The van der Waals surface area contributed by atoms with Crippen molar-refractivity contribution in [2.45, 2.75) is 19.4 Å². The number of amides is 2. The number of aliphatic hydroxyl groups is 1. The summed E-state index contributed by atoms with van der Waals surface area (Å²) in [6.45, 7) is 0.998. The molecule has 0 fully saturated rings. The number of aliphatic hydroxyl groups excluding tert-OH is 1. The van der Waals surface area contributed by atoms with Crippen molar-refractivity contribution >= 4 is 23.5 Å². The van der Waals surface area contributed by atoms with Crippen LogP contribution < -0.4 is 10.6 Å². The van der Waals surface area contributed by atoms with E-state index >= 15 is 0 Å². The molecule has 0 saturated heterocycles. The van der Waals surface area contributed by atoms with Crippen LogP contribution in [0.15, 0.2) is 24.3 Å². The van der Waals surface area contributed by atoms with Gasteiger partial charge in [0.2, 0.25) is 5.91 Å². The lowest BCUT2D eigenvalue weighted by atomic mass is 10.1. The van der Waals surface area contributed by atoms with Crippen LogP contribution in [0.3, 0.4) is 0 Å². The van der Waals surface area contributed by atoms with E-state index in [-0.39, 0.29) is 24.5 Å². The van der Waals surface area contributed by atoms with Crippen molar-refractivity contribution < 1.29 is 24.6 Å². The van der Waals surface area contributed by atoms with E-state index in [9.17, 15) is 14.4 Å². The van der Waals surface area contributed by atoms with Gasteiger partial charge in [-0.05, 0) is 18.2 Å². The van der Waals surface area contributed by atoms with Crippen LogP contribution in [0.1, 0.15) is 23.7 Å². The smallest absolute Gasteiger partial charge is 0.326 e. The molecule has 20 heavy (non-hydrogen) atoms. The molecule has 0 bridgehead atoms. The average molecular weight is 280 g/mol. The molecule has 1 aromatic rings. The molecule has 1 aromatic carbocycles. The van der Waals surface area contributed by atoms with Crippen LogP contribution in [0.4, 0.5) is 5.69 Å². The van der Waals surface area contributed by atoms with E-state index in [1.807, 2.05) is 0 Å². The number of hydrogen-bond acceptors (Lipinski definition) is 4. The molecule has 1 rings (SSSR count). The van der Waals surface area contributed by atoms with Gasteiger partial charge < -0.3 is 20.8 Å². The Hall–Kier alpha value is -2.41. The zero-order valence-corrected chi connectivity index (χ0v) is 10.9. The quantitative estimate of drug-likeness (QED) is 0.594. The van der Waals surface area contributed by atoms with E-state index in [4.69, 9.17) is 10.2 Å². The molecule has 4 N–H and O–H groups in total. The van der Waals surface area contributed by atoms with Gasteiger partial charge in [0.15, 0.2) is 0 Å². The Labute approximate surface area is 115 Å². The zero-order valence-electron chi connectivity index (χ0n) is 10.9. The number of anilines is 1. The van der Waals surface area contributed by atoms with Gasteiger partial charge in [-0.3, -0.25) is 9.59 Å². The van der Waals surface area contributed by atoms with Crippen molar-refractivity contribution in [3.63, 3.8) is 0 Å². The fraction of sp³-hybridized carbons (Fsp3) is 0.308. The van der Waals surface area contributed by atoms with Crippen molar-refractivity contribution in [3.8, 4) is 0 Å². The molecular weight excluding hydrogens is 264 g/mol. The van der Waals surface area contributed by atoms with Gasteiger partial charge in [0.1, 0.15) is 6.04 Å². The highest BCUT2D eigenvalue weighted by atomic mass is 16.4. The summed E-state index contributed by atoms with van der Waals surface area (Å²) in [6.07, 6.45) is -0.0769. The molecule has 0 spiro atoms. The Kier molecular flexibility index (Phi) is 5.67. The predicted molar refractivity (Wildman–Crippen MR) is 71.3 cm³/mol. The minimum atomic E-state index is -1.22. The van der Waals surface area contributed by atoms with E-state index in [1.165, 1.54) is 19.1 Å². The molecule has 0 heterocycles. The van der Waals surface area contributed by atoms with Crippen LogP contribution in [-0.4, -0.2) is 40.6 Å². The highest BCUT2D eigenvalue weighted by molar-refractivity contribution is 5.98. The number of hydrogen-bond donors (Lipinski definition) is 4. The maximum atomic E-state index is 11.9. The number of carbonyl (C=O) groups excluding carboxylic acids is 2. The molecule has 7 nitrogen and oxygen atoms in total. The summed E-state index contributed by atoms with van der Waals surface area (Å²) >= 11 is 0. The van der Waals surface area contributed by atoms with Crippen molar-refractivity contribution in [1.82, 2.24) is 5.32 Å². The number of benzene rings is 1. The Balaban J connectivity index is 2.80. The lowest BCUT2D eigenvalue weighted by molar-refractivity contribution is -0.139. The van der Waals surface area contributed by atoms with Crippen molar-refractivity contribution in [2.75, 3.05) is 11.9 Å². The monoisotopic (exact) mass is 280 g/mol. The van der Waals surface area contributed by atoms with Crippen LogP contribution in [0.2, 0.25) is 0 Å². The molecule has 0 saturated carbocycles. The van der Waals surface area contributed by atoms with Crippen LogP contribution in [-0.2, 0) is 9.59 Å². The molecule has 0 unspecified atom stereocenters. The third-order valence-corrected chi connectivity index (χ3v) is 2.47. The first-order chi connectivity index (χ1) is 9.43. The summed E-state index contributed by atoms with van der Waals surface area (Å²) in [5.41, 5.74) is 0.666. The number of aliphatic carboxylic acids is 1. The fourth-order valence-electron chi connectivity index (χ4n) is 1.57. The van der Waals surface area contributed by atoms with E-state index in [1.54, 1.807) is 12.1 Å². The second kappa shape index (κ2) is 7.25. The summed E-state index contributed by atoms with van der Waals surface area (Å²) in [7, 11) is 0. The molecule has 0 aromatic heterocycles. The lowest BCUT2D eigenvalue weighted by Crippen LogP contribution is -2.41. The normalized spacial score (nSPS) is 11.5. The summed E-state index contributed by atoms with van der Waals surface area (Å²) < 4.78 is 0. The van der Waals surface area contributed by atoms with E-state index < -0.39 is 17.9 Å². The van der Waals surface area contributed by atoms with Gasteiger partial charge >= 0.3 is 5.97 Å². The van der Waals surface area contributed by atoms with Gasteiger partial charge in [-0.15, -0.1) is 0 Å². The minimum Gasteiger partial charge on any atom is -0.480 e. The molecule has 1 atom stereocenters. The molecule has 0 aliphatic heterocycles. The van der Waals surface area contributed by atoms with Crippen LogP contribution in [0.25, 0.3) is 0 Å². The third kappa shape index (κ3) is 4.69. The highest BCUT2D eigenvalue weighted by Gasteiger charge is 2.20. The first-order valence-electron chi connectivity index (χ1n) is 5.96. The van der Waals surface area contributed by atoms with Gasteiger partial charge in [0.05, 0.1) is 0 Å². The van der Waals surface area contributed by atoms with Crippen LogP contribution in [0.5, 0.6) is 0 Å². The Morgan fingerprint density at radius 2 is 2.00 bits per heavy atom. The molecule has 0 aliphatic carbocycles. The maximum Gasteiger partial charge on any atom is 0.326 e. The summed E-state index contributed by atoms with van der Waals surface area (Å²) in [5.74, 6) is -2.07. The molecule has 108 valence electrons. The van der Waals surface area contributed by atoms with Gasteiger partial charge in [0.25, 0.3) is 5.91 Å². The predicted octanol–water partition coefficient (Wildman–Crippen LogP) is 0.210. The molecule has 7 heteroatoms. The number of carboxylic acids is 1. The van der Waals surface area contributed by atoms with Crippen molar-refractivity contribution in [3.05, 3.63) is 29.8 Å². The van der Waals surface area contributed by atoms with Gasteiger partial charge in [-0.2, -0.15) is 0 Å². The van der Waals surface area contributed by atoms with Gasteiger partial charge in [-0.25, -0.2) is 4.79 Å². The summed E-state index contributed by atoms with van der Waals surface area (Å²) in [4.78, 5) is 33.7. The Morgan fingerprint density at radius 1 is 1.30 bits per heavy atom. The number of rotatable bonds is 6. The molecule has 0 aliphatic rings. The van der Waals surface area contributed by atoms with Crippen LogP contribution in [0, 0.1) is 0 Å². The second-order valence-corrected chi connectivity index (χ2v) is 4.14. The fourth-order valence-corrected chi connectivity index (χ4v) is 1.57. The Morgan fingerprint density at radius 3 is 2.55 bits per heavy atom.